The Hall–Kier alpha value is -0.0700. The second-order valence-corrected chi connectivity index (χ2v) is 6.44. The third-order valence-corrected chi connectivity index (χ3v) is 4.59. The van der Waals surface area contributed by atoms with Gasteiger partial charge in [-0.15, -0.1) is 24.8 Å². The van der Waals surface area contributed by atoms with E-state index in [0.29, 0.717) is 19.5 Å². The average molecular weight is 372 g/mol. The summed E-state index contributed by atoms with van der Waals surface area (Å²) in [6.45, 7) is 4.01. The predicted octanol–water partition coefficient (Wildman–Crippen LogP) is 2.21. The van der Waals surface area contributed by atoms with E-state index in [-0.39, 0.29) is 36.1 Å². The molecule has 0 heterocycles. The van der Waals surface area contributed by atoms with Crippen molar-refractivity contribution in [2.24, 2.45) is 11.1 Å². The Balaban J connectivity index is 0. The van der Waals surface area contributed by atoms with E-state index in [4.69, 9.17) is 10.5 Å². The van der Waals surface area contributed by atoms with E-state index in [1.807, 2.05) is 0 Å². The molecule has 1 rings (SSSR count). The van der Waals surface area contributed by atoms with Crippen LogP contribution >= 0.6 is 24.8 Å². The first-order valence-electron chi connectivity index (χ1n) is 8.26. The Morgan fingerprint density at radius 3 is 2.43 bits per heavy atom. The lowest BCUT2D eigenvalue weighted by Gasteiger charge is -2.35. The second kappa shape index (κ2) is 14.3. The molecule has 0 radical (unpaired) electrons. The molecule has 1 aliphatic carbocycles. The number of hydrogen-bond acceptors (Lipinski definition) is 4. The van der Waals surface area contributed by atoms with Gasteiger partial charge in [0.2, 0.25) is 5.91 Å². The molecule has 0 aliphatic heterocycles. The van der Waals surface area contributed by atoms with Crippen molar-refractivity contribution in [1.29, 1.82) is 0 Å². The minimum absolute atomic E-state index is 0. The van der Waals surface area contributed by atoms with Crippen molar-refractivity contribution in [2.45, 2.75) is 44.9 Å². The summed E-state index contributed by atoms with van der Waals surface area (Å²) in [6, 6.07) is 0. The van der Waals surface area contributed by atoms with E-state index in [0.717, 1.165) is 39.0 Å². The number of likely N-dealkylation sites (N-methyl/N-ethyl adjacent to an activating group) is 1. The van der Waals surface area contributed by atoms with Crippen LogP contribution < -0.4 is 11.1 Å². The predicted molar refractivity (Wildman–Crippen MR) is 101 cm³/mol. The van der Waals surface area contributed by atoms with Crippen LogP contribution in [0.5, 0.6) is 0 Å². The second-order valence-electron chi connectivity index (χ2n) is 6.44. The lowest BCUT2D eigenvalue weighted by molar-refractivity contribution is -0.123. The number of carbonyl (C=O) groups excluding carboxylic acids is 1. The molecule has 0 unspecified atom stereocenters. The Bertz CT molecular complexity index is 301. The lowest BCUT2D eigenvalue weighted by atomic mass is 9.71. The zero-order valence-corrected chi connectivity index (χ0v) is 16.3. The van der Waals surface area contributed by atoms with Gasteiger partial charge in [0.1, 0.15) is 0 Å². The van der Waals surface area contributed by atoms with Crippen LogP contribution in [0.3, 0.4) is 0 Å². The summed E-state index contributed by atoms with van der Waals surface area (Å²) in [5.74, 6) is 0.160. The summed E-state index contributed by atoms with van der Waals surface area (Å²) in [7, 11) is 3.79. The van der Waals surface area contributed by atoms with Crippen LogP contribution in [0.4, 0.5) is 0 Å². The average Bonchev–Trinajstić information content (AvgIpc) is 2.48. The highest BCUT2D eigenvalue weighted by Crippen LogP contribution is 2.38. The van der Waals surface area contributed by atoms with Crippen LogP contribution in [0, 0.1) is 5.41 Å². The van der Waals surface area contributed by atoms with E-state index in [2.05, 4.69) is 17.3 Å². The monoisotopic (exact) mass is 371 g/mol. The first-order valence-corrected chi connectivity index (χ1v) is 8.26. The largest absolute Gasteiger partial charge is 0.385 e. The Morgan fingerprint density at radius 1 is 1.22 bits per heavy atom. The van der Waals surface area contributed by atoms with Crippen molar-refractivity contribution in [3.8, 4) is 0 Å². The minimum atomic E-state index is 0. The van der Waals surface area contributed by atoms with Gasteiger partial charge in [0, 0.05) is 39.8 Å². The zero-order valence-electron chi connectivity index (χ0n) is 14.6. The molecule has 23 heavy (non-hydrogen) atoms. The summed E-state index contributed by atoms with van der Waals surface area (Å²) in [5.41, 5.74) is 5.99. The molecule has 1 aliphatic rings. The molecule has 0 aromatic heterocycles. The van der Waals surface area contributed by atoms with Crippen molar-refractivity contribution in [2.75, 3.05) is 46.9 Å². The van der Waals surface area contributed by atoms with Crippen LogP contribution in [-0.4, -0.2) is 57.8 Å². The molecule has 7 heteroatoms. The fourth-order valence-electron chi connectivity index (χ4n) is 3.13. The number of carbonyl (C=O) groups is 1. The number of rotatable bonds is 10. The Kier molecular flexibility index (Phi) is 15.6. The molecule has 0 atom stereocenters. The van der Waals surface area contributed by atoms with Crippen LogP contribution in [0.25, 0.3) is 0 Å². The number of hydrogen-bond donors (Lipinski definition) is 2. The van der Waals surface area contributed by atoms with Gasteiger partial charge in [0.05, 0.1) is 0 Å². The van der Waals surface area contributed by atoms with Gasteiger partial charge < -0.3 is 20.7 Å². The van der Waals surface area contributed by atoms with E-state index in [9.17, 15) is 4.79 Å². The quantitative estimate of drug-likeness (QED) is 0.577. The molecular weight excluding hydrogens is 337 g/mol. The first kappa shape index (κ1) is 25.2. The topological polar surface area (TPSA) is 67.6 Å². The summed E-state index contributed by atoms with van der Waals surface area (Å²) in [4.78, 5) is 14.3. The van der Waals surface area contributed by atoms with Gasteiger partial charge in [-0.25, -0.2) is 0 Å². The smallest absolute Gasteiger partial charge is 0.220 e. The number of nitrogens with zero attached hydrogens (tertiary/aromatic N) is 1. The van der Waals surface area contributed by atoms with E-state index in [1.54, 1.807) is 7.11 Å². The number of methoxy groups -OCH3 is 1. The fourth-order valence-corrected chi connectivity index (χ4v) is 3.13. The summed E-state index contributed by atoms with van der Waals surface area (Å²) in [6.07, 6.45) is 7.55. The standard InChI is InChI=1S/C16H33N3O2.2ClH/c1-19(10-6-12-21-2)11-9-18-15(20)13-16(14-17)7-4-3-5-8-16;;/h3-14,17H2,1-2H3,(H,18,20);2*1H. The third kappa shape index (κ3) is 10.4. The van der Waals surface area contributed by atoms with Crippen molar-refractivity contribution in [3.05, 3.63) is 0 Å². The van der Waals surface area contributed by atoms with Gasteiger partial charge in [-0.2, -0.15) is 0 Å². The van der Waals surface area contributed by atoms with Crippen LogP contribution in [0.15, 0.2) is 0 Å². The van der Waals surface area contributed by atoms with Crippen molar-refractivity contribution < 1.29 is 9.53 Å². The highest BCUT2D eigenvalue weighted by Gasteiger charge is 2.32. The molecule has 0 aromatic rings. The van der Waals surface area contributed by atoms with Gasteiger partial charge in [-0.1, -0.05) is 19.3 Å². The van der Waals surface area contributed by atoms with Gasteiger partial charge in [0.15, 0.2) is 0 Å². The molecule has 1 fully saturated rings. The Morgan fingerprint density at radius 2 is 1.87 bits per heavy atom. The van der Waals surface area contributed by atoms with Gasteiger partial charge in [0.25, 0.3) is 0 Å². The summed E-state index contributed by atoms with van der Waals surface area (Å²) >= 11 is 0. The number of amides is 1. The van der Waals surface area contributed by atoms with Crippen molar-refractivity contribution in [1.82, 2.24) is 10.2 Å². The van der Waals surface area contributed by atoms with Crippen LogP contribution in [0.2, 0.25) is 0 Å². The molecule has 3 N–H and O–H groups in total. The third-order valence-electron chi connectivity index (χ3n) is 4.59. The SMILES string of the molecule is COCCCN(C)CCNC(=O)CC1(CN)CCCCC1.Cl.Cl. The zero-order chi connectivity index (χ0) is 15.6. The molecular formula is C16H35Cl2N3O2. The maximum Gasteiger partial charge on any atom is 0.220 e. The number of halogens is 2. The van der Waals surface area contributed by atoms with E-state index >= 15 is 0 Å². The van der Waals surface area contributed by atoms with Gasteiger partial charge in [-0.3, -0.25) is 4.79 Å². The van der Waals surface area contributed by atoms with Gasteiger partial charge >= 0.3 is 0 Å². The molecule has 0 aromatic carbocycles. The lowest BCUT2D eigenvalue weighted by Crippen LogP contribution is -2.40. The number of nitrogens with two attached hydrogens (primary N) is 1. The highest BCUT2D eigenvalue weighted by molar-refractivity contribution is 5.85. The number of nitrogens with one attached hydrogen (secondary N) is 1. The van der Waals surface area contributed by atoms with Crippen molar-refractivity contribution >= 4 is 30.7 Å². The maximum atomic E-state index is 12.1. The van der Waals surface area contributed by atoms with Crippen LogP contribution in [-0.2, 0) is 9.53 Å². The maximum absolute atomic E-state index is 12.1. The van der Waals surface area contributed by atoms with Crippen LogP contribution in [0.1, 0.15) is 44.9 Å². The van der Waals surface area contributed by atoms with E-state index < -0.39 is 0 Å². The number of ether oxygens (including phenoxy) is 1. The molecule has 0 bridgehead atoms. The summed E-state index contributed by atoms with van der Waals surface area (Å²) in [5, 5.41) is 3.04. The molecule has 0 spiro atoms. The fraction of sp³-hybridized carbons (Fsp3) is 0.938. The molecule has 0 saturated heterocycles. The molecule has 1 saturated carbocycles. The summed E-state index contributed by atoms with van der Waals surface area (Å²) < 4.78 is 5.03. The first-order chi connectivity index (χ1) is 10.1. The van der Waals surface area contributed by atoms with E-state index in [1.165, 1.54) is 19.3 Å². The molecule has 1 amide bonds. The molecule has 140 valence electrons. The Labute approximate surface area is 153 Å². The highest BCUT2D eigenvalue weighted by atomic mass is 35.5. The van der Waals surface area contributed by atoms with Crippen molar-refractivity contribution in [3.63, 3.8) is 0 Å². The molecule has 5 nitrogen and oxygen atoms in total. The minimum Gasteiger partial charge on any atom is -0.385 e. The van der Waals surface area contributed by atoms with Gasteiger partial charge in [-0.05, 0) is 38.3 Å². The normalized spacial score (nSPS) is 16.3.